The summed E-state index contributed by atoms with van der Waals surface area (Å²) in [5.41, 5.74) is 0.689. The van der Waals surface area contributed by atoms with Crippen LogP contribution in [0.15, 0.2) is 18.2 Å². The Labute approximate surface area is 161 Å². The zero-order chi connectivity index (χ0) is 19.9. The fraction of sp³-hybridized carbons (Fsp3) is 0.471. The summed E-state index contributed by atoms with van der Waals surface area (Å²) in [4.78, 5) is 37.9. The lowest BCUT2D eigenvalue weighted by atomic mass is 10.1. The second-order valence-electron chi connectivity index (χ2n) is 6.99. The number of urea groups is 1. The molecule has 3 aliphatic rings. The molecule has 2 N–H and O–H groups in total. The molecule has 2 saturated heterocycles. The molecule has 4 rings (SSSR count). The first-order valence-corrected chi connectivity index (χ1v) is 10.6. The molecule has 1 aromatic carbocycles. The van der Waals surface area contributed by atoms with Crippen LogP contribution in [0.3, 0.4) is 0 Å². The third-order valence-electron chi connectivity index (χ3n) is 4.87. The summed E-state index contributed by atoms with van der Waals surface area (Å²) in [5.74, 6) is 0.124. The van der Waals surface area contributed by atoms with Gasteiger partial charge >= 0.3 is 6.03 Å². The lowest BCUT2D eigenvalue weighted by molar-refractivity contribution is -0.131. The van der Waals surface area contributed by atoms with Crippen LogP contribution in [-0.2, 0) is 26.0 Å². The molecule has 0 bridgehead atoms. The molecular formula is C17H19N3O7S. The van der Waals surface area contributed by atoms with Gasteiger partial charge in [0.2, 0.25) is 12.7 Å². The molecule has 2 atom stereocenters. The van der Waals surface area contributed by atoms with Gasteiger partial charge in [0.05, 0.1) is 24.5 Å². The zero-order valence-electron chi connectivity index (χ0n) is 14.8. The van der Waals surface area contributed by atoms with Crippen LogP contribution in [0.5, 0.6) is 11.5 Å². The Kier molecular flexibility index (Phi) is 4.61. The highest BCUT2D eigenvalue weighted by atomic mass is 32.2. The molecule has 2 fully saturated rings. The Balaban J connectivity index is 1.35. The number of rotatable bonds is 5. The van der Waals surface area contributed by atoms with E-state index in [0.29, 0.717) is 23.5 Å². The van der Waals surface area contributed by atoms with Gasteiger partial charge < -0.3 is 20.1 Å². The highest BCUT2D eigenvalue weighted by molar-refractivity contribution is 7.91. The number of hydrogen-bond donors (Lipinski definition) is 2. The normalized spacial score (nSPS) is 25.1. The molecule has 0 spiro atoms. The van der Waals surface area contributed by atoms with Gasteiger partial charge in [-0.15, -0.1) is 0 Å². The molecule has 150 valence electrons. The number of imide groups is 1. The lowest BCUT2D eigenvalue weighted by Crippen LogP contribution is -2.41. The van der Waals surface area contributed by atoms with Crippen LogP contribution < -0.4 is 20.1 Å². The van der Waals surface area contributed by atoms with E-state index in [2.05, 4.69) is 10.6 Å². The number of fused-ring (bicyclic) bond motifs is 1. The fourth-order valence-electron chi connectivity index (χ4n) is 3.47. The van der Waals surface area contributed by atoms with Crippen molar-refractivity contribution >= 4 is 27.7 Å². The van der Waals surface area contributed by atoms with Crippen LogP contribution in [0.1, 0.15) is 18.4 Å². The van der Waals surface area contributed by atoms with Crippen LogP contribution in [0.25, 0.3) is 0 Å². The van der Waals surface area contributed by atoms with Crippen molar-refractivity contribution < 1.29 is 32.3 Å². The largest absolute Gasteiger partial charge is 0.454 e. The van der Waals surface area contributed by atoms with Crippen molar-refractivity contribution in [2.75, 3.05) is 18.3 Å². The van der Waals surface area contributed by atoms with Crippen LogP contribution >= 0.6 is 0 Å². The number of hydrogen-bond acceptors (Lipinski definition) is 7. The van der Waals surface area contributed by atoms with Crippen LogP contribution in [0, 0.1) is 0 Å². The van der Waals surface area contributed by atoms with Crippen LogP contribution in [0.4, 0.5) is 4.79 Å². The van der Waals surface area contributed by atoms with Gasteiger partial charge in [-0.3, -0.25) is 14.5 Å². The summed E-state index contributed by atoms with van der Waals surface area (Å²) in [5, 5.41) is 5.12. The number of amides is 4. The van der Waals surface area contributed by atoms with Crippen molar-refractivity contribution in [3.05, 3.63) is 23.8 Å². The molecule has 0 aliphatic carbocycles. The van der Waals surface area contributed by atoms with E-state index in [-0.39, 0.29) is 31.3 Å². The summed E-state index contributed by atoms with van der Waals surface area (Å²) in [6.07, 6.45) is 0.119. The molecule has 3 aliphatic heterocycles. The third-order valence-corrected chi connectivity index (χ3v) is 6.64. The van der Waals surface area contributed by atoms with Crippen LogP contribution in [-0.4, -0.2) is 61.5 Å². The van der Waals surface area contributed by atoms with Crippen molar-refractivity contribution in [3.63, 3.8) is 0 Å². The number of benzene rings is 1. The minimum Gasteiger partial charge on any atom is -0.454 e. The van der Waals surface area contributed by atoms with Gasteiger partial charge in [-0.05, 0) is 24.1 Å². The molecular weight excluding hydrogens is 390 g/mol. The molecule has 3 heterocycles. The quantitative estimate of drug-likeness (QED) is 0.629. The number of nitrogens with one attached hydrogen (secondary N) is 2. The molecule has 0 aromatic heterocycles. The van der Waals surface area contributed by atoms with E-state index >= 15 is 0 Å². The van der Waals surface area contributed by atoms with Gasteiger partial charge in [0.1, 0.15) is 6.04 Å². The summed E-state index contributed by atoms with van der Waals surface area (Å²) in [7, 11) is -3.11. The highest BCUT2D eigenvalue weighted by Gasteiger charge is 2.39. The number of carbonyl (C=O) groups is 3. The summed E-state index contributed by atoms with van der Waals surface area (Å²) >= 11 is 0. The molecule has 10 nitrogen and oxygen atoms in total. The van der Waals surface area contributed by atoms with Crippen molar-refractivity contribution in [1.82, 2.24) is 15.5 Å². The topological polar surface area (TPSA) is 131 Å². The highest BCUT2D eigenvalue weighted by Crippen LogP contribution is 2.33. The van der Waals surface area contributed by atoms with Gasteiger partial charge in [0.15, 0.2) is 21.3 Å². The second-order valence-corrected chi connectivity index (χ2v) is 9.21. The van der Waals surface area contributed by atoms with E-state index in [1.165, 1.54) is 0 Å². The fourth-order valence-corrected chi connectivity index (χ4v) is 5.14. The first-order chi connectivity index (χ1) is 13.3. The molecule has 11 heteroatoms. The first-order valence-electron chi connectivity index (χ1n) is 8.81. The summed E-state index contributed by atoms with van der Waals surface area (Å²) in [6, 6.07) is 3.13. The van der Waals surface area contributed by atoms with Crippen molar-refractivity contribution in [3.8, 4) is 11.5 Å². The minimum atomic E-state index is -3.11. The van der Waals surface area contributed by atoms with E-state index in [9.17, 15) is 22.8 Å². The number of nitrogens with zero attached hydrogens (tertiary/aromatic N) is 1. The van der Waals surface area contributed by atoms with E-state index in [1.807, 2.05) is 0 Å². The predicted molar refractivity (Wildman–Crippen MR) is 95.3 cm³/mol. The molecule has 0 saturated carbocycles. The summed E-state index contributed by atoms with van der Waals surface area (Å²) in [6.45, 7) is 0.168. The van der Waals surface area contributed by atoms with Gasteiger partial charge in [-0.1, -0.05) is 6.07 Å². The average Bonchev–Trinajstić information content (AvgIpc) is 3.29. The SMILES string of the molecule is O=C(C[C@H]1NC(=O)N(Cc2ccc3c(c2)OCO3)C1=O)N[C@@H]1CCS(=O)(=O)C1. The van der Waals surface area contributed by atoms with Gasteiger partial charge in [-0.25, -0.2) is 13.2 Å². The van der Waals surface area contributed by atoms with Crippen molar-refractivity contribution in [1.29, 1.82) is 0 Å². The molecule has 0 radical (unpaired) electrons. The van der Waals surface area contributed by atoms with E-state index in [4.69, 9.17) is 9.47 Å². The second kappa shape index (κ2) is 6.97. The van der Waals surface area contributed by atoms with Gasteiger partial charge in [0.25, 0.3) is 5.91 Å². The Bertz CT molecular complexity index is 946. The van der Waals surface area contributed by atoms with Crippen molar-refractivity contribution in [2.24, 2.45) is 0 Å². The predicted octanol–water partition coefficient (Wildman–Crippen LogP) is -0.471. The third kappa shape index (κ3) is 3.75. The van der Waals surface area contributed by atoms with E-state index < -0.39 is 39.8 Å². The maximum atomic E-state index is 12.5. The van der Waals surface area contributed by atoms with Gasteiger partial charge in [0, 0.05) is 6.04 Å². The number of ether oxygens (including phenoxy) is 2. The Hall–Kier alpha value is -2.82. The van der Waals surface area contributed by atoms with E-state index in [1.54, 1.807) is 18.2 Å². The molecule has 1 aromatic rings. The molecule has 4 amide bonds. The smallest absolute Gasteiger partial charge is 0.325 e. The zero-order valence-corrected chi connectivity index (χ0v) is 15.7. The average molecular weight is 409 g/mol. The Morgan fingerprint density at radius 2 is 2.04 bits per heavy atom. The number of carbonyl (C=O) groups excluding carboxylic acids is 3. The number of sulfone groups is 1. The maximum Gasteiger partial charge on any atom is 0.325 e. The molecule has 0 unspecified atom stereocenters. The summed E-state index contributed by atoms with van der Waals surface area (Å²) < 4.78 is 33.4. The van der Waals surface area contributed by atoms with Crippen molar-refractivity contribution in [2.45, 2.75) is 31.5 Å². The minimum absolute atomic E-state index is 0.0420. The standard InChI is InChI=1S/C17H19N3O7S/c21-15(18-11-3-4-28(24,25)8-11)6-12-16(22)20(17(23)19-12)7-10-1-2-13-14(5-10)27-9-26-13/h1-2,5,11-12H,3-4,6-9H2,(H,18,21)(H,19,23)/t11-,12-/m1/s1. The Morgan fingerprint density at radius 3 is 2.79 bits per heavy atom. The van der Waals surface area contributed by atoms with Crippen LogP contribution in [0.2, 0.25) is 0 Å². The first kappa shape index (κ1) is 18.5. The lowest BCUT2D eigenvalue weighted by Gasteiger charge is -2.14. The molecule has 28 heavy (non-hydrogen) atoms. The maximum absolute atomic E-state index is 12.5. The monoisotopic (exact) mass is 409 g/mol. The van der Waals surface area contributed by atoms with Gasteiger partial charge in [-0.2, -0.15) is 0 Å². The van der Waals surface area contributed by atoms with E-state index in [0.717, 1.165) is 4.90 Å². The Morgan fingerprint density at radius 1 is 1.25 bits per heavy atom.